The van der Waals surface area contributed by atoms with Crippen LogP contribution in [0.2, 0.25) is 0 Å². The van der Waals surface area contributed by atoms with Gasteiger partial charge in [-0.05, 0) is 43.5 Å². The highest BCUT2D eigenvalue weighted by molar-refractivity contribution is 5.16. The van der Waals surface area contributed by atoms with Crippen molar-refractivity contribution < 1.29 is 0 Å². The Morgan fingerprint density at radius 3 is 2.28 bits per heavy atom. The zero-order chi connectivity index (χ0) is 13.4. The third kappa shape index (κ3) is 4.77. The maximum absolute atomic E-state index is 4.52. The molecular formula is C16H28N2. The first-order chi connectivity index (χ1) is 8.75. The van der Waals surface area contributed by atoms with Gasteiger partial charge in [0.1, 0.15) is 0 Å². The zero-order valence-electron chi connectivity index (χ0n) is 12.4. The lowest BCUT2D eigenvalue weighted by Crippen LogP contribution is -2.29. The zero-order valence-corrected chi connectivity index (χ0v) is 12.4. The Morgan fingerprint density at radius 1 is 1.11 bits per heavy atom. The molecule has 18 heavy (non-hydrogen) atoms. The van der Waals surface area contributed by atoms with Crippen LogP contribution in [-0.4, -0.2) is 23.0 Å². The summed E-state index contributed by atoms with van der Waals surface area (Å²) in [6.45, 7) is 12.0. The maximum atomic E-state index is 4.52. The van der Waals surface area contributed by atoms with E-state index in [1.807, 2.05) is 20.0 Å². The summed E-state index contributed by atoms with van der Waals surface area (Å²) in [4.78, 5) is 7.05. The number of hydrogen-bond donors (Lipinski definition) is 0. The van der Waals surface area contributed by atoms with Crippen LogP contribution in [0, 0.1) is 0 Å². The number of likely N-dealkylation sites (tertiary alicyclic amines) is 1. The Balaban J connectivity index is 0.000000771. The van der Waals surface area contributed by atoms with Crippen LogP contribution in [-0.2, 0) is 6.54 Å². The molecule has 0 bridgehead atoms. The van der Waals surface area contributed by atoms with Crippen LogP contribution in [0.25, 0.3) is 0 Å². The van der Waals surface area contributed by atoms with Gasteiger partial charge < -0.3 is 0 Å². The van der Waals surface area contributed by atoms with E-state index in [2.05, 4.69) is 35.9 Å². The summed E-state index contributed by atoms with van der Waals surface area (Å²) in [5.74, 6) is 0.532. The Kier molecular flexibility index (Phi) is 6.96. The lowest BCUT2D eigenvalue weighted by molar-refractivity contribution is 0.220. The molecular weight excluding hydrogens is 220 g/mol. The third-order valence-electron chi connectivity index (χ3n) is 3.29. The van der Waals surface area contributed by atoms with Crippen LogP contribution >= 0.6 is 0 Å². The van der Waals surface area contributed by atoms with Crippen molar-refractivity contribution in [2.45, 2.75) is 59.4 Å². The first-order valence-corrected chi connectivity index (χ1v) is 7.43. The summed E-state index contributed by atoms with van der Waals surface area (Å²) in [6.07, 6.45) is 6.17. The summed E-state index contributed by atoms with van der Waals surface area (Å²) in [6, 6.07) is 4.40. The molecule has 1 aliphatic rings. The molecule has 2 rings (SSSR count). The molecule has 2 nitrogen and oxygen atoms in total. The quantitative estimate of drug-likeness (QED) is 0.796. The minimum atomic E-state index is 0.532. The molecule has 2 heterocycles. The SMILES string of the molecule is CC.CC(C)c1ccc(CN2CCCCC2)cn1. The van der Waals surface area contributed by atoms with Crippen molar-refractivity contribution in [3.8, 4) is 0 Å². The average Bonchev–Trinajstić information content (AvgIpc) is 2.43. The van der Waals surface area contributed by atoms with Crippen molar-refractivity contribution in [2.24, 2.45) is 0 Å². The summed E-state index contributed by atoms with van der Waals surface area (Å²) in [7, 11) is 0. The Hall–Kier alpha value is -0.890. The average molecular weight is 248 g/mol. The van der Waals surface area contributed by atoms with E-state index in [-0.39, 0.29) is 0 Å². The second-order valence-corrected chi connectivity index (χ2v) is 5.08. The number of rotatable bonds is 3. The summed E-state index contributed by atoms with van der Waals surface area (Å²) < 4.78 is 0. The minimum absolute atomic E-state index is 0.532. The van der Waals surface area contributed by atoms with Crippen LogP contribution in [0.15, 0.2) is 18.3 Å². The van der Waals surface area contributed by atoms with E-state index >= 15 is 0 Å². The van der Waals surface area contributed by atoms with Gasteiger partial charge in [-0.1, -0.05) is 40.2 Å². The molecule has 0 spiro atoms. The molecule has 0 unspecified atom stereocenters. The molecule has 1 aromatic rings. The highest BCUT2D eigenvalue weighted by Gasteiger charge is 2.10. The molecule has 0 N–H and O–H groups in total. The summed E-state index contributed by atoms with van der Waals surface area (Å²) in [5, 5.41) is 0. The van der Waals surface area contributed by atoms with Gasteiger partial charge >= 0.3 is 0 Å². The number of aromatic nitrogens is 1. The van der Waals surface area contributed by atoms with Crippen molar-refractivity contribution in [1.29, 1.82) is 0 Å². The topological polar surface area (TPSA) is 16.1 Å². The lowest BCUT2D eigenvalue weighted by atomic mass is 10.1. The molecule has 1 saturated heterocycles. The highest BCUT2D eigenvalue weighted by atomic mass is 15.1. The normalized spacial score (nSPS) is 16.3. The first-order valence-electron chi connectivity index (χ1n) is 7.43. The Bertz CT molecular complexity index is 310. The minimum Gasteiger partial charge on any atom is -0.299 e. The molecule has 1 aliphatic heterocycles. The first kappa shape index (κ1) is 15.2. The molecule has 102 valence electrons. The second-order valence-electron chi connectivity index (χ2n) is 5.08. The van der Waals surface area contributed by atoms with Gasteiger partial charge in [-0.2, -0.15) is 0 Å². The van der Waals surface area contributed by atoms with E-state index in [0.717, 1.165) is 6.54 Å². The predicted octanol–water partition coefficient (Wildman–Crippen LogP) is 4.22. The van der Waals surface area contributed by atoms with Crippen molar-refractivity contribution >= 4 is 0 Å². The lowest BCUT2D eigenvalue weighted by Gasteiger charge is -2.26. The fraction of sp³-hybridized carbons (Fsp3) is 0.688. The van der Waals surface area contributed by atoms with E-state index in [1.165, 1.54) is 43.6 Å². The molecule has 1 aromatic heterocycles. The van der Waals surface area contributed by atoms with Gasteiger partial charge in [0.2, 0.25) is 0 Å². The molecule has 0 atom stereocenters. The van der Waals surface area contributed by atoms with Crippen LogP contribution in [0.4, 0.5) is 0 Å². The Labute approximate surface area is 112 Å². The fourth-order valence-corrected chi connectivity index (χ4v) is 2.25. The van der Waals surface area contributed by atoms with Gasteiger partial charge in [0.25, 0.3) is 0 Å². The van der Waals surface area contributed by atoms with Crippen molar-refractivity contribution in [3.05, 3.63) is 29.6 Å². The maximum Gasteiger partial charge on any atom is 0.0429 e. The predicted molar refractivity (Wildman–Crippen MR) is 78.8 cm³/mol. The third-order valence-corrected chi connectivity index (χ3v) is 3.29. The van der Waals surface area contributed by atoms with Gasteiger partial charge in [0.15, 0.2) is 0 Å². The Morgan fingerprint density at radius 2 is 1.78 bits per heavy atom. The number of piperidine rings is 1. The molecule has 0 amide bonds. The van der Waals surface area contributed by atoms with Crippen LogP contribution in [0.5, 0.6) is 0 Å². The van der Waals surface area contributed by atoms with Crippen molar-refractivity contribution in [2.75, 3.05) is 13.1 Å². The molecule has 0 aliphatic carbocycles. The second kappa shape index (κ2) is 8.25. The van der Waals surface area contributed by atoms with Gasteiger partial charge in [0.05, 0.1) is 0 Å². The van der Waals surface area contributed by atoms with E-state index in [9.17, 15) is 0 Å². The van der Waals surface area contributed by atoms with Crippen LogP contribution in [0.3, 0.4) is 0 Å². The summed E-state index contributed by atoms with van der Waals surface area (Å²) in [5.41, 5.74) is 2.55. The van der Waals surface area contributed by atoms with Crippen LogP contribution < -0.4 is 0 Å². The summed E-state index contributed by atoms with van der Waals surface area (Å²) >= 11 is 0. The van der Waals surface area contributed by atoms with E-state index in [4.69, 9.17) is 0 Å². The molecule has 0 aromatic carbocycles. The van der Waals surface area contributed by atoms with Crippen LogP contribution in [0.1, 0.15) is 64.1 Å². The smallest absolute Gasteiger partial charge is 0.0429 e. The van der Waals surface area contributed by atoms with E-state index in [0.29, 0.717) is 5.92 Å². The number of nitrogens with zero attached hydrogens (tertiary/aromatic N) is 2. The molecule has 0 radical (unpaired) electrons. The fourth-order valence-electron chi connectivity index (χ4n) is 2.25. The molecule has 0 saturated carbocycles. The van der Waals surface area contributed by atoms with Crippen molar-refractivity contribution in [3.63, 3.8) is 0 Å². The highest BCUT2D eigenvalue weighted by Crippen LogP contribution is 2.15. The van der Waals surface area contributed by atoms with E-state index < -0.39 is 0 Å². The van der Waals surface area contributed by atoms with Gasteiger partial charge in [-0.15, -0.1) is 0 Å². The van der Waals surface area contributed by atoms with E-state index in [1.54, 1.807) is 0 Å². The number of pyridine rings is 1. The largest absolute Gasteiger partial charge is 0.299 e. The standard InChI is InChI=1S/C14H22N2.C2H6/c1-12(2)14-7-6-13(10-15-14)11-16-8-4-3-5-9-16;1-2/h6-7,10,12H,3-5,8-9,11H2,1-2H3;1-2H3. The molecule has 1 fully saturated rings. The van der Waals surface area contributed by atoms with Crippen molar-refractivity contribution in [1.82, 2.24) is 9.88 Å². The van der Waals surface area contributed by atoms with Gasteiger partial charge in [-0.25, -0.2) is 0 Å². The monoisotopic (exact) mass is 248 g/mol. The number of hydrogen-bond acceptors (Lipinski definition) is 2. The molecule has 2 heteroatoms. The van der Waals surface area contributed by atoms with Gasteiger partial charge in [0, 0.05) is 18.4 Å². The van der Waals surface area contributed by atoms with Gasteiger partial charge in [-0.3, -0.25) is 9.88 Å².